The summed E-state index contributed by atoms with van der Waals surface area (Å²) in [5.74, 6) is 1.75. The lowest BCUT2D eigenvalue weighted by Gasteiger charge is -2.12. The van der Waals surface area contributed by atoms with Crippen molar-refractivity contribution in [1.29, 1.82) is 0 Å². The van der Waals surface area contributed by atoms with E-state index in [9.17, 15) is 0 Å². The zero-order valence-electron chi connectivity index (χ0n) is 11.8. The predicted octanol–water partition coefficient (Wildman–Crippen LogP) is 3.87. The van der Waals surface area contributed by atoms with Gasteiger partial charge in [-0.3, -0.25) is 0 Å². The highest BCUT2D eigenvalue weighted by Gasteiger charge is 2.01. The van der Waals surface area contributed by atoms with Crippen LogP contribution in [0.3, 0.4) is 0 Å². The number of rotatable bonds is 10. The Labute approximate surface area is 112 Å². The van der Waals surface area contributed by atoms with E-state index in [2.05, 4.69) is 19.2 Å². The van der Waals surface area contributed by atoms with Gasteiger partial charge >= 0.3 is 0 Å². The van der Waals surface area contributed by atoms with Crippen LogP contribution in [0.5, 0.6) is 5.75 Å². The molecule has 1 N–H and O–H groups in total. The Kier molecular flexibility index (Phi) is 8.32. The van der Waals surface area contributed by atoms with Gasteiger partial charge in [0.25, 0.3) is 0 Å². The summed E-state index contributed by atoms with van der Waals surface area (Å²) in [6, 6.07) is 10.1. The van der Waals surface area contributed by atoms with Gasteiger partial charge in [-0.15, -0.1) is 0 Å². The summed E-state index contributed by atoms with van der Waals surface area (Å²) in [6.07, 6.45) is 4.90. The van der Waals surface area contributed by atoms with Crippen molar-refractivity contribution in [3.63, 3.8) is 0 Å². The summed E-state index contributed by atoms with van der Waals surface area (Å²) in [6.45, 7) is 7.65. The number of hydrogen-bond acceptors (Lipinski definition) is 2. The van der Waals surface area contributed by atoms with Crippen molar-refractivity contribution in [3.05, 3.63) is 30.3 Å². The third-order valence-electron chi connectivity index (χ3n) is 3.02. The van der Waals surface area contributed by atoms with Crippen molar-refractivity contribution in [2.45, 2.75) is 39.5 Å². The average molecular weight is 249 g/mol. The Bertz CT molecular complexity index is 286. The highest BCUT2D eigenvalue weighted by atomic mass is 16.5. The van der Waals surface area contributed by atoms with Crippen LogP contribution in [0.2, 0.25) is 0 Å². The number of para-hydroxylation sites is 1. The second-order valence-electron chi connectivity index (χ2n) is 4.97. The van der Waals surface area contributed by atoms with Crippen LogP contribution >= 0.6 is 0 Å². The average Bonchev–Trinajstić information content (AvgIpc) is 2.40. The van der Waals surface area contributed by atoms with E-state index in [4.69, 9.17) is 4.74 Å². The van der Waals surface area contributed by atoms with Crippen molar-refractivity contribution in [3.8, 4) is 5.75 Å². The monoisotopic (exact) mass is 249 g/mol. The van der Waals surface area contributed by atoms with Crippen LogP contribution in [0.15, 0.2) is 30.3 Å². The lowest BCUT2D eigenvalue weighted by atomic mass is 10.0. The normalized spacial score (nSPS) is 12.3. The maximum Gasteiger partial charge on any atom is 0.119 e. The van der Waals surface area contributed by atoms with E-state index in [0.717, 1.165) is 37.8 Å². The Hall–Kier alpha value is -1.02. The van der Waals surface area contributed by atoms with Gasteiger partial charge in [0.15, 0.2) is 0 Å². The van der Waals surface area contributed by atoms with E-state index in [1.54, 1.807) is 0 Å². The fraction of sp³-hybridized carbons (Fsp3) is 0.625. The van der Waals surface area contributed by atoms with Gasteiger partial charge in [-0.2, -0.15) is 0 Å². The van der Waals surface area contributed by atoms with E-state index in [1.807, 2.05) is 30.3 Å². The van der Waals surface area contributed by atoms with Crippen molar-refractivity contribution in [1.82, 2.24) is 5.32 Å². The molecule has 0 aliphatic heterocycles. The summed E-state index contributed by atoms with van der Waals surface area (Å²) in [5.41, 5.74) is 0. The van der Waals surface area contributed by atoms with E-state index in [-0.39, 0.29) is 0 Å². The van der Waals surface area contributed by atoms with Crippen molar-refractivity contribution >= 4 is 0 Å². The van der Waals surface area contributed by atoms with Gasteiger partial charge < -0.3 is 10.1 Å². The van der Waals surface area contributed by atoms with E-state index in [0.29, 0.717) is 0 Å². The van der Waals surface area contributed by atoms with Gasteiger partial charge in [0.05, 0.1) is 6.61 Å². The third-order valence-corrected chi connectivity index (χ3v) is 3.02. The fourth-order valence-electron chi connectivity index (χ4n) is 1.93. The Morgan fingerprint density at radius 3 is 2.67 bits per heavy atom. The number of benzene rings is 1. The molecule has 0 saturated heterocycles. The number of unbranched alkanes of at least 4 members (excludes halogenated alkanes) is 1. The molecule has 1 aromatic rings. The topological polar surface area (TPSA) is 21.3 Å². The van der Waals surface area contributed by atoms with Crippen LogP contribution in [0, 0.1) is 5.92 Å². The van der Waals surface area contributed by atoms with E-state index >= 15 is 0 Å². The molecule has 0 saturated carbocycles. The van der Waals surface area contributed by atoms with Crippen LogP contribution in [-0.2, 0) is 0 Å². The minimum atomic E-state index is 0.772. The van der Waals surface area contributed by atoms with Crippen LogP contribution < -0.4 is 10.1 Å². The summed E-state index contributed by atoms with van der Waals surface area (Å²) in [7, 11) is 0. The van der Waals surface area contributed by atoms with Crippen molar-refractivity contribution < 1.29 is 4.74 Å². The molecule has 1 aromatic carbocycles. The Morgan fingerprint density at radius 2 is 1.94 bits per heavy atom. The first-order valence-corrected chi connectivity index (χ1v) is 7.21. The Balaban J connectivity index is 1.95. The first-order chi connectivity index (χ1) is 8.83. The minimum absolute atomic E-state index is 0.772. The predicted molar refractivity (Wildman–Crippen MR) is 78.1 cm³/mol. The molecule has 0 aromatic heterocycles. The van der Waals surface area contributed by atoms with E-state index < -0.39 is 0 Å². The lowest BCUT2D eigenvalue weighted by Crippen LogP contribution is -2.21. The molecule has 0 aliphatic carbocycles. The maximum absolute atomic E-state index is 5.67. The highest BCUT2D eigenvalue weighted by molar-refractivity contribution is 5.20. The van der Waals surface area contributed by atoms with Crippen LogP contribution in [0.25, 0.3) is 0 Å². The summed E-state index contributed by atoms with van der Waals surface area (Å²) in [5, 5.41) is 3.47. The van der Waals surface area contributed by atoms with Gasteiger partial charge in [0.2, 0.25) is 0 Å². The van der Waals surface area contributed by atoms with Crippen LogP contribution in [0.4, 0.5) is 0 Å². The molecule has 1 rings (SSSR count). The molecule has 0 radical (unpaired) electrons. The molecule has 2 heteroatoms. The molecule has 2 nitrogen and oxygen atoms in total. The van der Waals surface area contributed by atoms with Gasteiger partial charge in [0.1, 0.15) is 5.75 Å². The van der Waals surface area contributed by atoms with Crippen molar-refractivity contribution in [2.75, 3.05) is 19.7 Å². The van der Waals surface area contributed by atoms with Crippen LogP contribution in [-0.4, -0.2) is 19.7 Å². The molecule has 0 amide bonds. The lowest BCUT2D eigenvalue weighted by molar-refractivity contribution is 0.299. The molecule has 0 fully saturated rings. The molecular formula is C16H27NO. The number of ether oxygens (including phenoxy) is 1. The zero-order chi connectivity index (χ0) is 13.1. The molecule has 0 heterocycles. The number of hydrogen-bond donors (Lipinski definition) is 1. The standard InChI is InChI=1S/C16H27NO/c1-3-12-17-14-15(2)9-7-8-13-18-16-10-5-4-6-11-16/h4-6,10-11,15,17H,3,7-9,12-14H2,1-2H3. The summed E-state index contributed by atoms with van der Waals surface area (Å²) >= 11 is 0. The molecule has 0 aliphatic rings. The first kappa shape index (κ1) is 15.0. The smallest absolute Gasteiger partial charge is 0.119 e. The molecule has 102 valence electrons. The first-order valence-electron chi connectivity index (χ1n) is 7.21. The molecule has 0 bridgehead atoms. The maximum atomic E-state index is 5.67. The molecular weight excluding hydrogens is 222 g/mol. The van der Waals surface area contributed by atoms with Gasteiger partial charge in [-0.05, 0) is 56.8 Å². The number of nitrogens with one attached hydrogen (secondary N) is 1. The largest absolute Gasteiger partial charge is 0.494 e. The van der Waals surface area contributed by atoms with E-state index in [1.165, 1.54) is 19.3 Å². The SMILES string of the molecule is CCCNCC(C)CCCCOc1ccccc1. The van der Waals surface area contributed by atoms with Gasteiger partial charge in [-0.25, -0.2) is 0 Å². The minimum Gasteiger partial charge on any atom is -0.494 e. The summed E-state index contributed by atoms with van der Waals surface area (Å²) in [4.78, 5) is 0. The second-order valence-corrected chi connectivity index (χ2v) is 4.97. The molecule has 0 spiro atoms. The molecule has 1 unspecified atom stereocenters. The fourth-order valence-corrected chi connectivity index (χ4v) is 1.93. The highest BCUT2D eigenvalue weighted by Crippen LogP contribution is 2.11. The quantitative estimate of drug-likeness (QED) is 0.636. The Morgan fingerprint density at radius 1 is 1.17 bits per heavy atom. The zero-order valence-corrected chi connectivity index (χ0v) is 11.8. The molecule has 1 atom stereocenters. The van der Waals surface area contributed by atoms with Crippen molar-refractivity contribution in [2.24, 2.45) is 5.92 Å². The van der Waals surface area contributed by atoms with Gasteiger partial charge in [-0.1, -0.05) is 32.0 Å². The van der Waals surface area contributed by atoms with Crippen LogP contribution in [0.1, 0.15) is 39.5 Å². The second kappa shape index (κ2) is 9.95. The molecule has 18 heavy (non-hydrogen) atoms. The third kappa shape index (κ3) is 7.33. The van der Waals surface area contributed by atoms with Gasteiger partial charge in [0, 0.05) is 0 Å². The summed E-state index contributed by atoms with van der Waals surface area (Å²) < 4.78 is 5.67.